The lowest BCUT2D eigenvalue weighted by Crippen LogP contribution is -2.40. The van der Waals surface area contributed by atoms with Crippen molar-refractivity contribution in [1.29, 1.82) is 0 Å². The number of nitrogens with one attached hydrogen (secondary N) is 1. The molecular weight excluding hydrogens is 197 g/mol. The molecule has 0 unspecified atom stereocenters. The van der Waals surface area contributed by atoms with Gasteiger partial charge < -0.3 is 10.4 Å². The summed E-state index contributed by atoms with van der Waals surface area (Å²) in [7, 11) is 0. The number of carboxylic acids is 1. The Labute approximate surface area is 86.9 Å². The van der Waals surface area contributed by atoms with Gasteiger partial charge in [-0.2, -0.15) is 0 Å². The Balaban J connectivity index is 2.53. The van der Waals surface area contributed by atoms with Crippen molar-refractivity contribution in [3.8, 4) is 0 Å². The van der Waals surface area contributed by atoms with E-state index in [1.165, 1.54) is 12.1 Å². The van der Waals surface area contributed by atoms with Crippen LogP contribution in [0.15, 0.2) is 18.2 Å². The summed E-state index contributed by atoms with van der Waals surface area (Å²) in [4.78, 5) is 11.0. The van der Waals surface area contributed by atoms with Gasteiger partial charge in [-0.1, -0.05) is 13.8 Å². The molecule has 2 N–H and O–H groups in total. The van der Waals surface area contributed by atoms with Crippen LogP contribution in [0.2, 0.25) is 0 Å². The summed E-state index contributed by atoms with van der Waals surface area (Å²) >= 11 is 0. The predicted molar refractivity (Wildman–Crippen MR) is 54.5 cm³/mol. The molecule has 1 heterocycles. The minimum Gasteiger partial charge on any atom is -0.480 e. The van der Waals surface area contributed by atoms with Crippen LogP contribution in [0.4, 0.5) is 10.1 Å². The summed E-state index contributed by atoms with van der Waals surface area (Å²) < 4.78 is 13.1. The molecule has 0 spiro atoms. The molecule has 0 saturated carbocycles. The van der Waals surface area contributed by atoms with Gasteiger partial charge in [0, 0.05) is 11.1 Å². The van der Waals surface area contributed by atoms with Gasteiger partial charge in [0.25, 0.3) is 0 Å². The highest BCUT2D eigenvalue weighted by Gasteiger charge is 2.43. The van der Waals surface area contributed by atoms with Gasteiger partial charge in [-0.3, -0.25) is 0 Å². The minimum atomic E-state index is -0.920. The second-order valence-electron chi connectivity index (χ2n) is 4.33. The first-order chi connectivity index (χ1) is 6.93. The van der Waals surface area contributed by atoms with E-state index >= 15 is 0 Å². The number of hydrogen-bond acceptors (Lipinski definition) is 2. The quantitative estimate of drug-likeness (QED) is 0.743. The summed E-state index contributed by atoms with van der Waals surface area (Å²) in [6.07, 6.45) is 0. The minimum absolute atomic E-state index is 0.338. The Bertz CT molecular complexity index is 429. The van der Waals surface area contributed by atoms with Gasteiger partial charge in [-0.05, 0) is 23.8 Å². The normalized spacial score (nSPS) is 21.9. The van der Waals surface area contributed by atoms with E-state index in [0.29, 0.717) is 5.69 Å². The molecular formula is C11H12FNO2. The van der Waals surface area contributed by atoms with Crippen LogP contribution in [0.5, 0.6) is 0 Å². The second kappa shape index (κ2) is 2.95. The Morgan fingerprint density at radius 1 is 1.53 bits per heavy atom. The molecule has 0 radical (unpaired) electrons. The Kier molecular flexibility index (Phi) is 1.96. The van der Waals surface area contributed by atoms with Crippen LogP contribution in [0, 0.1) is 5.82 Å². The number of carboxylic acid groups (broad SMARTS) is 1. The van der Waals surface area contributed by atoms with Crippen molar-refractivity contribution in [2.24, 2.45) is 0 Å². The van der Waals surface area contributed by atoms with Gasteiger partial charge in [0.05, 0.1) is 0 Å². The van der Waals surface area contributed by atoms with E-state index < -0.39 is 17.4 Å². The van der Waals surface area contributed by atoms with E-state index in [1.54, 1.807) is 19.9 Å². The third kappa shape index (κ3) is 1.37. The number of aliphatic carboxylic acids is 1. The molecule has 0 amide bonds. The Morgan fingerprint density at radius 2 is 2.20 bits per heavy atom. The third-order valence-electron chi connectivity index (χ3n) is 2.94. The summed E-state index contributed by atoms with van der Waals surface area (Å²) in [5, 5.41) is 11.9. The highest BCUT2D eigenvalue weighted by Crippen LogP contribution is 2.40. The number of benzene rings is 1. The smallest absolute Gasteiger partial charge is 0.327 e. The molecule has 80 valence electrons. The number of rotatable bonds is 1. The zero-order valence-electron chi connectivity index (χ0n) is 8.54. The highest BCUT2D eigenvalue weighted by molar-refractivity contribution is 5.84. The van der Waals surface area contributed by atoms with E-state index in [1.807, 2.05) is 0 Å². The highest BCUT2D eigenvalue weighted by atomic mass is 19.1. The van der Waals surface area contributed by atoms with Crippen molar-refractivity contribution in [1.82, 2.24) is 0 Å². The standard InChI is InChI=1S/C11H12FNO2/c1-11(2)7-5-6(12)3-4-8(7)13-9(11)10(14)15/h3-5,9,13H,1-2H3,(H,14,15)/t9-/m0/s1. The molecule has 1 aromatic rings. The first-order valence-corrected chi connectivity index (χ1v) is 4.72. The number of carbonyl (C=O) groups is 1. The van der Waals surface area contributed by atoms with E-state index in [2.05, 4.69) is 5.32 Å². The fourth-order valence-electron chi connectivity index (χ4n) is 2.04. The lowest BCUT2D eigenvalue weighted by Gasteiger charge is -2.23. The maximum atomic E-state index is 13.1. The van der Waals surface area contributed by atoms with Crippen molar-refractivity contribution in [3.63, 3.8) is 0 Å². The SMILES string of the molecule is CC1(C)c2cc(F)ccc2N[C@H]1C(=O)O. The fraction of sp³-hybridized carbons (Fsp3) is 0.364. The average Bonchev–Trinajstić information content (AvgIpc) is 2.39. The summed E-state index contributed by atoms with van der Waals surface area (Å²) in [5.41, 5.74) is 0.826. The second-order valence-corrected chi connectivity index (χ2v) is 4.33. The molecule has 2 rings (SSSR count). The summed E-state index contributed by atoms with van der Waals surface area (Å²) in [6.45, 7) is 3.59. The lowest BCUT2D eigenvalue weighted by atomic mass is 9.81. The first-order valence-electron chi connectivity index (χ1n) is 4.72. The lowest BCUT2D eigenvalue weighted by molar-refractivity contribution is -0.139. The molecule has 1 aliphatic heterocycles. The molecule has 1 aliphatic rings. The van der Waals surface area contributed by atoms with E-state index in [9.17, 15) is 9.18 Å². The number of fused-ring (bicyclic) bond motifs is 1. The zero-order chi connectivity index (χ0) is 11.2. The van der Waals surface area contributed by atoms with Crippen molar-refractivity contribution < 1.29 is 14.3 Å². The first kappa shape index (κ1) is 9.96. The number of anilines is 1. The molecule has 0 bridgehead atoms. The van der Waals surface area contributed by atoms with E-state index in [0.717, 1.165) is 5.56 Å². The molecule has 3 nitrogen and oxygen atoms in total. The van der Waals surface area contributed by atoms with Crippen molar-refractivity contribution >= 4 is 11.7 Å². The third-order valence-corrected chi connectivity index (χ3v) is 2.94. The van der Waals surface area contributed by atoms with Gasteiger partial charge in [-0.25, -0.2) is 9.18 Å². The zero-order valence-corrected chi connectivity index (χ0v) is 8.54. The van der Waals surface area contributed by atoms with Crippen LogP contribution in [-0.2, 0) is 10.2 Å². The van der Waals surface area contributed by atoms with Crippen LogP contribution in [0.3, 0.4) is 0 Å². The van der Waals surface area contributed by atoms with Crippen LogP contribution in [0.1, 0.15) is 19.4 Å². The number of hydrogen-bond donors (Lipinski definition) is 2. The summed E-state index contributed by atoms with van der Waals surface area (Å²) in [5.74, 6) is -1.26. The molecule has 1 atom stereocenters. The fourth-order valence-corrected chi connectivity index (χ4v) is 2.04. The molecule has 0 aromatic heterocycles. The molecule has 15 heavy (non-hydrogen) atoms. The maximum Gasteiger partial charge on any atom is 0.327 e. The van der Waals surface area contributed by atoms with Crippen LogP contribution >= 0.6 is 0 Å². The van der Waals surface area contributed by atoms with Crippen LogP contribution in [-0.4, -0.2) is 17.1 Å². The molecule has 1 aromatic carbocycles. The van der Waals surface area contributed by atoms with Gasteiger partial charge in [0.2, 0.25) is 0 Å². The van der Waals surface area contributed by atoms with E-state index in [4.69, 9.17) is 5.11 Å². The van der Waals surface area contributed by atoms with E-state index in [-0.39, 0.29) is 5.82 Å². The van der Waals surface area contributed by atoms with Crippen LogP contribution < -0.4 is 5.32 Å². The number of halogens is 1. The van der Waals surface area contributed by atoms with Gasteiger partial charge >= 0.3 is 5.97 Å². The average molecular weight is 209 g/mol. The molecule has 4 heteroatoms. The van der Waals surface area contributed by atoms with Gasteiger partial charge in [0.1, 0.15) is 11.9 Å². The topological polar surface area (TPSA) is 49.3 Å². The molecule has 0 aliphatic carbocycles. The van der Waals surface area contributed by atoms with Crippen molar-refractivity contribution in [2.45, 2.75) is 25.3 Å². The monoisotopic (exact) mass is 209 g/mol. The van der Waals surface area contributed by atoms with Crippen molar-refractivity contribution in [2.75, 3.05) is 5.32 Å². The molecule has 0 saturated heterocycles. The Morgan fingerprint density at radius 3 is 2.80 bits per heavy atom. The van der Waals surface area contributed by atoms with Gasteiger partial charge in [-0.15, -0.1) is 0 Å². The maximum absolute atomic E-state index is 13.1. The Hall–Kier alpha value is -1.58. The molecule has 0 fully saturated rings. The van der Waals surface area contributed by atoms with Gasteiger partial charge in [0.15, 0.2) is 0 Å². The predicted octanol–water partition coefficient (Wildman–Crippen LogP) is 1.98. The van der Waals surface area contributed by atoms with Crippen LogP contribution in [0.25, 0.3) is 0 Å². The summed E-state index contributed by atoms with van der Waals surface area (Å²) in [6, 6.07) is 3.60. The van der Waals surface area contributed by atoms with Crippen molar-refractivity contribution in [3.05, 3.63) is 29.6 Å². The largest absolute Gasteiger partial charge is 0.480 e.